The Bertz CT molecular complexity index is 247. The molecule has 12 heavy (non-hydrogen) atoms. The number of halogens is 1. The largest absolute Gasteiger partial charge is 0.475 e. The van der Waals surface area contributed by atoms with Crippen molar-refractivity contribution in [3.8, 4) is 5.88 Å². The molecule has 0 atom stereocenters. The zero-order valence-electron chi connectivity index (χ0n) is 6.62. The predicted octanol–water partition coefficient (Wildman–Crippen LogP) is 0.919. The maximum absolute atomic E-state index is 8.49. The third kappa shape index (κ3) is 2.75. The molecule has 0 radical (unpaired) electrons. The molecule has 1 N–H and O–H groups in total. The first-order chi connectivity index (χ1) is 5.72. The summed E-state index contributed by atoms with van der Waals surface area (Å²) >= 11 is 3.21. The topological polar surface area (TPSA) is 55.2 Å². The minimum absolute atomic E-state index is 0.0132. The molecule has 1 aromatic heterocycles. The molecular formula is C7H9BrN2O2. The van der Waals surface area contributed by atoms with E-state index < -0.39 is 0 Å². The summed E-state index contributed by atoms with van der Waals surface area (Å²) in [5.74, 6) is 1.11. The first-order valence-corrected chi connectivity index (χ1v) is 4.26. The van der Waals surface area contributed by atoms with E-state index in [9.17, 15) is 0 Å². The van der Waals surface area contributed by atoms with Gasteiger partial charge in [0.15, 0.2) is 0 Å². The van der Waals surface area contributed by atoms with E-state index in [4.69, 9.17) is 9.84 Å². The molecule has 0 aliphatic heterocycles. The van der Waals surface area contributed by atoms with Crippen LogP contribution < -0.4 is 4.74 Å². The number of nitrogens with zero attached hydrogens (tertiary/aromatic N) is 2. The SMILES string of the molecule is Cc1nc(Br)cc(OCCO)n1. The quantitative estimate of drug-likeness (QED) is 0.788. The molecule has 0 unspecified atom stereocenters. The molecule has 0 amide bonds. The lowest BCUT2D eigenvalue weighted by Gasteiger charge is -2.03. The van der Waals surface area contributed by atoms with E-state index in [0.717, 1.165) is 0 Å². The van der Waals surface area contributed by atoms with Crippen molar-refractivity contribution >= 4 is 15.9 Å². The van der Waals surface area contributed by atoms with Crippen LogP contribution in [0.4, 0.5) is 0 Å². The third-order valence-electron chi connectivity index (χ3n) is 1.12. The Hall–Kier alpha value is -0.680. The number of ether oxygens (including phenoxy) is 1. The maximum atomic E-state index is 8.49. The highest BCUT2D eigenvalue weighted by atomic mass is 79.9. The van der Waals surface area contributed by atoms with Gasteiger partial charge in [0, 0.05) is 6.07 Å². The molecule has 1 aromatic rings. The highest BCUT2D eigenvalue weighted by molar-refractivity contribution is 9.10. The number of hydrogen-bond donors (Lipinski definition) is 1. The highest BCUT2D eigenvalue weighted by Crippen LogP contribution is 2.13. The van der Waals surface area contributed by atoms with Crippen LogP contribution in [0.1, 0.15) is 5.82 Å². The van der Waals surface area contributed by atoms with Gasteiger partial charge in [0.2, 0.25) is 5.88 Å². The Labute approximate surface area is 78.7 Å². The number of hydrogen-bond acceptors (Lipinski definition) is 4. The van der Waals surface area contributed by atoms with E-state index in [0.29, 0.717) is 16.3 Å². The van der Waals surface area contributed by atoms with Gasteiger partial charge in [-0.1, -0.05) is 0 Å². The van der Waals surface area contributed by atoms with Gasteiger partial charge in [-0.3, -0.25) is 0 Å². The van der Waals surface area contributed by atoms with Gasteiger partial charge in [-0.25, -0.2) is 4.98 Å². The van der Waals surface area contributed by atoms with E-state index in [1.807, 2.05) is 0 Å². The number of aryl methyl sites for hydroxylation is 1. The fourth-order valence-electron chi connectivity index (χ4n) is 0.730. The van der Waals surface area contributed by atoms with Crippen molar-refractivity contribution in [3.63, 3.8) is 0 Å². The van der Waals surface area contributed by atoms with Crippen LogP contribution in [0.5, 0.6) is 5.88 Å². The van der Waals surface area contributed by atoms with E-state index in [1.165, 1.54) is 0 Å². The Morgan fingerprint density at radius 2 is 2.33 bits per heavy atom. The number of aliphatic hydroxyl groups is 1. The van der Waals surface area contributed by atoms with Crippen LogP contribution in [0.3, 0.4) is 0 Å². The van der Waals surface area contributed by atoms with E-state index in [2.05, 4.69) is 25.9 Å². The Morgan fingerprint density at radius 1 is 1.58 bits per heavy atom. The lowest BCUT2D eigenvalue weighted by Crippen LogP contribution is -2.04. The maximum Gasteiger partial charge on any atom is 0.217 e. The summed E-state index contributed by atoms with van der Waals surface area (Å²) in [7, 11) is 0. The summed E-state index contributed by atoms with van der Waals surface area (Å²) in [5, 5.41) is 8.49. The van der Waals surface area contributed by atoms with Crippen LogP contribution in [-0.4, -0.2) is 28.3 Å². The third-order valence-corrected chi connectivity index (χ3v) is 1.53. The summed E-state index contributed by atoms with van der Waals surface area (Å²) in [6, 6.07) is 1.66. The molecule has 66 valence electrons. The van der Waals surface area contributed by atoms with E-state index in [-0.39, 0.29) is 13.2 Å². The van der Waals surface area contributed by atoms with Crippen molar-refractivity contribution in [1.82, 2.24) is 9.97 Å². The van der Waals surface area contributed by atoms with Crippen LogP contribution >= 0.6 is 15.9 Å². The van der Waals surface area contributed by atoms with Crippen LogP contribution in [-0.2, 0) is 0 Å². The lowest BCUT2D eigenvalue weighted by atomic mass is 10.6. The molecule has 4 nitrogen and oxygen atoms in total. The summed E-state index contributed by atoms with van der Waals surface area (Å²) in [6.07, 6.45) is 0. The van der Waals surface area contributed by atoms with Gasteiger partial charge in [-0.15, -0.1) is 0 Å². The molecule has 0 aliphatic rings. The molecule has 0 saturated carbocycles. The normalized spacial score (nSPS) is 9.92. The number of aromatic nitrogens is 2. The second-order valence-electron chi connectivity index (χ2n) is 2.15. The zero-order valence-corrected chi connectivity index (χ0v) is 8.21. The Kier molecular flexibility index (Phi) is 3.43. The van der Waals surface area contributed by atoms with Gasteiger partial charge >= 0.3 is 0 Å². The molecule has 0 fully saturated rings. The van der Waals surface area contributed by atoms with Gasteiger partial charge < -0.3 is 9.84 Å². The molecular weight excluding hydrogens is 224 g/mol. The van der Waals surface area contributed by atoms with Gasteiger partial charge in [0.05, 0.1) is 6.61 Å². The molecule has 1 heterocycles. The van der Waals surface area contributed by atoms with E-state index >= 15 is 0 Å². The van der Waals surface area contributed by atoms with Crippen LogP contribution in [0.15, 0.2) is 10.7 Å². The summed E-state index contributed by atoms with van der Waals surface area (Å²) in [4.78, 5) is 8.00. The monoisotopic (exact) mass is 232 g/mol. The zero-order chi connectivity index (χ0) is 8.97. The van der Waals surface area contributed by atoms with Crippen molar-refractivity contribution < 1.29 is 9.84 Å². The molecule has 0 aromatic carbocycles. The second kappa shape index (κ2) is 4.37. The van der Waals surface area contributed by atoms with Crippen LogP contribution in [0, 0.1) is 6.92 Å². The standard InChI is InChI=1S/C7H9BrN2O2/c1-5-9-6(8)4-7(10-5)12-3-2-11/h4,11H,2-3H2,1H3. The number of aliphatic hydroxyl groups excluding tert-OH is 1. The fourth-order valence-corrected chi connectivity index (χ4v) is 1.18. The Balaban J connectivity index is 2.72. The van der Waals surface area contributed by atoms with Gasteiger partial charge in [-0.2, -0.15) is 4.98 Å². The summed E-state index contributed by atoms with van der Waals surface area (Å²) in [5.41, 5.74) is 0. The molecule has 5 heteroatoms. The second-order valence-corrected chi connectivity index (χ2v) is 2.96. The first kappa shape index (κ1) is 9.41. The first-order valence-electron chi connectivity index (χ1n) is 3.47. The molecule has 1 rings (SSSR count). The summed E-state index contributed by atoms with van der Waals surface area (Å²) in [6.45, 7) is 2.01. The average molecular weight is 233 g/mol. The van der Waals surface area contributed by atoms with Crippen molar-refractivity contribution in [1.29, 1.82) is 0 Å². The van der Waals surface area contributed by atoms with Gasteiger partial charge in [-0.05, 0) is 22.9 Å². The van der Waals surface area contributed by atoms with Crippen molar-refractivity contribution in [3.05, 3.63) is 16.5 Å². The number of rotatable bonds is 3. The van der Waals surface area contributed by atoms with Crippen LogP contribution in [0.2, 0.25) is 0 Å². The highest BCUT2D eigenvalue weighted by Gasteiger charge is 1.99. The van der Waals surface area contributed by atoms with Crippen molar-refractivity contribution in [2.45, 2.75) is 6.92 Å². The molecule has 0 bridgehead atoms. The minimum atomic E-state index is -0.0132. The van der Waals surface area contributed by atoms with Gasteiger partial charge in [0.25, 0.3) is 0 Å². The smallest absolute Gasteiger partial charge is 0.217 e. The molecule has 0 saturated heterocycles. The summed E-state index contributed by atoms with van der Waals surface area (Å²) < 4.78 is 5.77. The minimum Gasteiger partial charge on any atom is -0.475 e. The molecule has 0 aliphatic carbocycles. The van der Waals surface area contributed by atoms with Crippen molar-refractivity contribution in [2.75, 3.05) is 13.2 Å². The predicted molar refractivity (Wildman–Crippen MR) is 47.0 cm³/mol. The van der Waals surface area contributed by atoms with Crippen LogP contribution in [0.25, 0.3) is 0 Å². The van der Waals surface area contributed by atoms with E-state index in [1.54, 1.807) is 13.0 Å². The lowest BCUT2D eigenvalue weighted by molar-refractivity contribution is 0.196. The Morgan fingerprint density at radius 3 is 2.92 bits per heavy atom. The van der Waals surface area contributed by atoms with Gasteiger partial charge in [0.1, 0.15) is 17.0 Å². The fraction of sp³-hybridized carbons (Fsp3) is 0.429. The molecule has 0 spiro atoms. The van der Waals surface area contributed by atoms with Crippen molar-refractivity contribution in [2.24, 2.45) is 0 Å². The average Bonchev–Trinajstić information content (AvgIpc) is 1.99.